The Morgan fingerprint density at radius 3 is 1.61 bits per heavy atom. The quantitative estimate of drug-likeness (QED) is 0.0471. The van der Waals surface area contributed by atoms with Crippen molar-refractivity contribution in [2.45, 2.75) is 178 Å². The number of esters is 3. The van der Waals surface area contributed by atoms with E-state index in [-0.39, 0.29) is 49.9 Å². The van der Waals surface area contributed by atoms with Crippen molar-refractivity contribution in [2.75, 3.05) is 19.8 Å². The van der Waals surface area contributed by atoms with Crippen LogP contribution in [0.25, 0.3) is 0 Å². The fourth-order valence-corrected chi connectivity index (χ4v) is 5.28. The smallest absolute Gasteiger partial charge is 0.317 e. The Balaban J connectivity index is 4.75. The van der Waals surface area contributed by atoms with Gasteiger partial charge in [-0.1, -0.05) is 93.9 Å². The highest BCUT2D eigenvalue weighted by Gasteiger charge is 2.38. The predicted molar refractivity (Wildman–Crippen MR) is 188 cm³/mol. The van der Waals surface area contributed by atoms with Crippen molar-refractivity contribution < 1.29 is 33.3 Å². The highest BCUT2D eigenvalue weighted by Crippen LogP contribution is 2.25. The molecule has 0 bridgehead atoms. The van der Waals surface area contributed by atoms with Crippen LogP contribution >= 0.6 is 0 Å². The molecule has 0 fully saturated rings. The molecule has 0 aromatic carbocycles. The van der Waals surface area contributed by atoms with E-state index in [1.54, 1.807) is 20.8 Å². The Hall–Kier alpha value is -1.63. The lowest BCUT2D eigenvalue weighted by Crippen LogP contribution is -2.41. The zero-order valence-electron chi connectivity index (χ0n) is 31.9. The van der Waals surface area contributed by atoms with Gasteiger partial charge in [0.15, 0.2) is 0 Å². The van der Waals surface area contributed by atoms with Crippen LogP contribution in [0, 0.1) is 35.0 Å². The summed E-state index contributed by atoms with van der Waals surface area (Å²) in [5.41, 5.74) is -1.08. The van der Waals surface area contributed by atoms with Crippen LogP contribution in [0.4, 0.5) is 0 Å². The Kier molecular flexibility index (Phi) is 24.5. The van der Waals surface area contributed by atoms with Gasteiger partial charge in [0.05, 0.1) is 25.2 Å². The van der Waals surface area contributed by atoms with E-state index in [9.17, 15) is 14.4 Å². The average molecular weight is 655 g/mol. The number of rotatable bonds is 28. The van der Waals surface area contributed by atoms with Gasteiger partial charge in [-0.05, 0) is 89.4 Å². The summed E-state index contributed by atoms with van der Waals surface area (Å²) in [6, 6.07) is 0. The van der Waals surface area contributed by atoms with Gasteiger partial charge in [-0.25, -0.2) is 0 Å². The zero-order valence-corrected chi connectivity index (χ0v) is 31.9. The Morgan fingerprint density at radius 1 is 0.587 bits per heavy atom. The summed E-state index contributed by atoms with van der Waals surface area (Å²) in [7, 11) is 0. The highest BCUT2D eigenvalue weighted by atomic mass is 16.6. The molecule has 0 saturated carbocycles. The van der Waals surface area contributed by atoms with Crippen LogP contribution in [0.5, 0.6) is 0 Å². The van der Waals surface area contributed by atoms with Gasteiger partial charge < -0.3 is 18.9 Å². The maximum Gasteiger partial charge on any atom is 0.317 e. The monoisotopic (exact) mass is 655 g/mol. The lowest BCUT2D eigenvalue weighted by Gasteiger charge is -2.28. The second-order valence-electron chi connectivity index (χ2n) is 15.8. The highest BCUT2D eigenvalue weighted by molar-refractivity contribution is 5.78. The molecule has 0 N–H and O–H groups in total. The van der Waals surface area contributed by atoms with Crippen molar-refractivity contribution in [3.63, 3.8) is 0 Å². The first-order valence-corrected chi connectivity index (χ1v) is 18.7. The topological polar surface area (TPSA) is 88.1 Å². The Morgan fingerprint density at radius 2 is 1.13 bits per heavy atom. The van der Waals surface area contributed by atoms with Crippen LogP contribution in [-0.2, 0) is 33.3 Å². The summed E-state index contributed by atoms with van der Waals surface area (Å²) in [5.74, 6) is 1.59. The molecule has 0 rings (SSSR count). The molecule has 0 aliphatic carbocycles. The van der Waals surface area contributed by atoms with E-state index in [1.165, 1.54) is 38.5 Å². The average Bonchev–Trinajstić information content (AvgIpc) is 2.97. The van der Waals surface area contributed by atoms with Gasteiger partial charge in [0.2, 0.25) is 0 Å². The van der Waals surface area contributed by atoms with Crippen LogP contribution in [0.3, 0.4) is 0 Å². The summed E-state index contributed by atoms with van der Waals surface area (Å²) >= 11 is 0. The maximum atomic E-state index is 12.9. The van der Waals surface area contributed by atoms with Crippen molar-refractivity contribution in [2.24, 2.45) is 35.0 Å². The molecule has 46 heavy (non-hydrogen) atoms. The standard InChI is InChI=1S/C39H74O7/c1-29(2)17-15-19-33(9)22-24-35(25-23-34(10)20-16-18-30(3)4)46-36(40)21-13-12-14-26-43-38(42)39(11,27-44-32(7)8)28-45-37(41)31(5)6/h29-35H,12-28H2,1-11H3. The minimum atomic E-state index is -1.08. The molecule has 0 aliphatic rings. The van der Waals surface area contributed by atoms with Gasteiger partial charge >= 0.3 is 17.9 Å². The van der Waals surface area contributed by atoms with Crippen LogP contribution in [0.15, 0.2) is 0 Å². The van der Waals surface area contributed by atoms with Crippen LogP contribution in [-0.4, -0.2) is 49.9 Å². The third kappa shape index (κ3) is 23.7. The Bertz CT molecular complexity index is 782. The number of hydrogen-bond acceptors (Lipinski definition) is 7. The summed E-state index contributed by atoms with van der Waals surface area (Å²) in [6.45, 7) is 23.1. The van der Waals surface area contributed by atoms with Crippen molar-refractivity contribution in [3.05, 3.63) is 0 Å². The lowest BCUT2D eigenvalue weighted by atomic mass is 9.91. The largest absolute Gasteiger partial charge is 0.465 e. The number of unbranched alkanes of at least 4 members (excludes halogenated alkanes) is 2. The molecule has 0 aromatic heterocycles. The normalized spacial score (nSPS) is 15.2. The Labute approximate surface area is 284 Å². The van der Waals surface area contributed by atoms with Crippen molar-refractivity contribution in [1.29, 1.82) is 0 Å². The number of ether oxygens (including phenoxy) is 4. The number of carbonyl (C=O) groups is 3. The van der Waals surface area contributed by atoms with Gasteiger partial charge in [0.25, 0.3) is 0 Å². The molecule has 0 aliphatic heterocycles. The predicted octanol–water partition coefficient (Wildman–Crippen LogP) is 10.1. The van der Waals surface area contributed by atoms with E-state index in [2.05, 4.69) is 41.5 Å². The van der Waals surface area contributed by atoms with E-state index < -0.39 is 11.4 Å². The van der Waals surface area contributed by atoms with Crippen LogP contribution < -0.4 is 0 Å². The third-order valence-electron chi connectivity index (χ3n) is 8.71. The molecule has 0 heterocycles. The SMILES string of the molecule is CC(C)CCCC(C)CCC(CCC(C)CCCC(C)C)OC(=O)CCCCCOC(=O)C(C)(COC(=O)C(C)C)COC(C)C. The molecule has 0 spiro atoms. The fourth-order valence-electron chi connectivity index (χ4n) is 5.28. The molecule has 7 nitrogen and oxygen atoms in total. The van der Waals surface area contributed by atoms with E-state index in [0.717, 1.165) is 43.9 Å². The number of carbonyl (C=O) groups excluding carboxylic acids is 3. The molecule has 7 heteroatoms. The van der Waals surface area contributed by atoms with Crippen molar-refractivity contribution >= 4 is 17.9 Å². The molecule has 0 saturated heterocycles. The number of hydrogen-bond donors (Lipinski definition) is 0. The van der Waals surface area contributed by atoms with Gasteiger partial charge in [0, 0.05) is 6.42 Å². The molecule has 3 unspecified atom stereocenters. The summed E-state index contributed by atoms with van der Waals surface area (Å²) in [5, 5.41) is 0. The zero-order chi connectivity index (χ0) is 35.1. The van der Waals surface area contributed by atoms with Gasteiger partial charge in [-0.2, -0.15) is 0 Å². The molecular formula is C39H74O7. The molecule has 0 amide bonds. The van der Waals surface area contributed by atoms with Crippen LogP contribution in [0.2, 0.25) is 0 Å². The molecule has 0 radical (unpaired) electrons. The molecular weight excluding hydrogens is 580 g/mol. The minimum absolute atomic E-state index is 0.0101. The molecule has 3 atom stereocenters. The second kappa shape index (κ2) is 25.4. The van der Waals surface area contributed by atoms with E-state index in [4.69, 9.17) is 18.9 Å². The van der Waals surface area contributed by atoms with E-state index >= 15 is 0 Å². The van der Waals surface area contributed by atoms with Gasteiger partial charge in [-0.3, -0.25) is 14.4 Å². The van der Waals surface area contributed by atoms with Gasteiger partial charge in [0.1, 0.15) is 18.1 Å². The first-order chi connectivity index (χ1) is 21.6. The third-order valence-corrected chi connectivity index (χ3v) is 8.71. The summed E-state index contributed by atoms with van der Waals surface area (Å²) < 4.78 is 22.7. The van der Waals surface area contributed by atoms with Crippen molar-refractivity contribution in [1.82, 2.24) is 0 Å². The summed E-state index contributed by atoms with van der Waals surface area (Å²) in [6.07, 6.45) is 14.0. The van der Waals surface area contributed by atoms with Crippen LogP contribution in [0.1, 0.15) is 166 Å². The maximum absolute atomic E-state index is 12.9. The fraction of sp³-hybridized carbons (Fsp3) is 0.923. The second-order valence-corrected chi connectivity index (χ2v) is 15.8. The van der Waals surface area contributed by atoms with E-state index in [1.807, 2.05) is 13.8 Å². The van der Waals surface area contributed by atoms with E-state index in [0.29, 0.717) is 31.1 Å². The minimum Gasteiger partial charge on any atom is -0.465 e. The lowest BCUT2D eigenvalue weighted by molar-refractivity contribution is -0.169. The molecule has 0 aromatic rings. The van der Waals surface area contributed by atoms with Gasteiger partial charge in [-0.15, -0.1) is 0 Å². The molecule has 272 valence electrons. The summed E-state index contributed by atoms with van der Waals surface area (Å²) in [4.78, 5) is 37.8. The first kappa shape index (κ1) is 44.4. The van der Waals surface area contributed by atoms with Crippen molar-refractivity contribution in [3.8, 4) is 0 Å². The first-order valence-electron chi connectivity index (χ1n) is 18.7.